The second kappa shape index (κ2) is 15.1. The standard InChI is InChI=1S/C31H35F3N2O4/c1-3-5-7-8-9-10-22-20-35-28(36-21-22)23-12-14-24(15-13-23)29(37)39-26-18-16-25(17-19-26)30(38)40-27(11-6-4-2)31(32,33)34/h12-21,27H,3-11H2,1-2H3/t27-/m0/s1. The number of aromatic nitrogens is 2. The third-order valence-electron chi connectivity index (χ3n) is 6.39. The van der Waals surface area contributed by atoms with Crippen LogP contribution in [0.2, 0.25) is 0 Å². The van der Waals surface area contributed by atoms with Crippen molar-refractivity contribution in [2.45, 2.75) is 83.9 Å². The SMILES string of the molecule is CCCCCCCc1cnc(-c2ccc(C(=O)Oc3ccc(C(=O)O[C@@H](CCCC)C(F)(F)F)cc3)cc2)nc1. The number of hydrogen-bond acceptors (Lipinski definition) is 6. The Hall–Kier alpha value is -3.75. The Labute approximate surface area is 233 Å². The Morgan fingerprint density at radius 3 is 1.95 bits per heavy atom. The van der Waals surface area contributed by atoms with Crippen molar-refractivity contribution in [2.24, 2.45) is 0 Å². The lowest BCUT2D eigenvalue weighted by molar-refractivity contribution is -0.206. The molecule has 0 fully saturated rings. The summed E-state index contributed by atoms with van der Waals surface area (Å²) in [6, 6.07) is 11.8. The van der Waals surface area contributed by atoms with Crippen LogP contribution in [0.4, 0.5) is 13.2 Å². The maximum atomic E-state index is 13.2. The third-order valence-corrected chi connectivity index (χ3v) is 6.39. The van der Waals surface area contributed by atoms with Crippen molar-refractivity contribution in [3.05, 3.63) is 77.6 Å². The quantitative estimate of drug-likeness (QED) is 0.113. The first-order valence-corrected chi connectivity index (χ1v) is 13.7. The summed E-state index contributed by atoms with van der Waals surface area (Å²) in [7, 11) is 0. The molecule has 6 nitrogen and oxygen atoms in total. The molecule has 0 spiro atoms. The molecule has 1 heterocycles. The maximum absolute atomic E-state index is 13.2. The molecule has 0 saturated heterocycles. The van der Waals surface area contributed by atoms with Crippen LogP contribution in [0, 0.1) is 0 Å². The molecule has 40 heavy (non-hydrogen) atoms. The summed E-state index contributed by atoms with van der Waals surface area (Å²) in [6.07, 6.45) is 4.38. The molecule has 0 aliphatic rings. The van der Waals surface area contributed by atoms with E-state index >= 15 is 0 Å². The number of alkyl halides is 3. The average Bonchev–Trinajstić information content (AvgIpc) is 2.95. The minimum atomic E-state index is -4.64. The number of hydrogen-bond donors (Lipinski definition) is 0. The first-order valence-electron chi connectivity index (χ1n) is 13.7. The molecular weight excluding hydrogens is 521 g/mol. The maximum Gasteiger partial charge on any atom is 0.425 e. The van der Waals surface area contributed by atoms with Gasteiger partial charge in [-0.05, 0) is 67.6 Å². The van der Waals surface area contributed by atoms with Gasteiger partial charge in [-0.25, -0.2) is 19.6 Å². The Balaban J connectivity index is 1.54. The van der Waals surface area contributed by atoms with E-state index in [1.165, 1.54) is 49.9 Å². The number of halogens is 3. The third kappa shape index (κ3) is 9.47. The van der Waals surface area contributed by atoms with E-state index in [0.29, 0.717) is 17.8 Å². The molecule has 2 aromatic carbocycles. The van der Waals surface area contributed by atoms with Gasteiger partial charge in [0.15, 0.2) is 11.9 Å². The molecule has 1 aromatic heterocycles. The van der Waals surface area contributed by atoms with Crippen molar-refractivity contribution in [3.8, 4) is 17.1 Å². The van der Waals surface area contributed by atoms with Gasteiger partial charge >= 0.3 is 18.1 Å². The molecule has 0 N–H and O–H groups in total. The Bertz CT molecular complexity index is 1210. The lowest BCUT2D eigenvalue weighted by Crippen LogP contribution is -2.33. The van der Waals surface area contributed by atoms with Gasteiger partial charge in [-0.15, -0.1) is 0 Å². The van der Waals surface area contributed by atoms with Crippen LogP contribution >= 0.6 is 0 Å². The van der Waals surface area contributed by atoms with Crippen molar-refractivity contribution in [2.75, 3.05) is 0 Å². The minimum Gasteiger partial charge on any atom is -0.449 e. The van der Waals surface area contributed by atoms with Crippen molar-refractivity contribution in [1.29, 1.82) is 0 Å². The lowest BCUT2D eigenvalue weighted by Gasteiger charge is -2.20. The van der Waals surface area contributed by atoms with Gasteiger partial charge in [0.2, 0.25) is 0 Å². The zero-order chi connectivity index (χ0) is 29.0. The number of ether oxygens (including phenoxy) is 2. The van der Waals surface area contributed by atoms with Crippen LogP contribution in [0.3, 0.4) is 0 Å². The summed E-state index contributed by atoms with van der Waals surface area (Å²) >= 11 is 0. The van der Waals surface area contributed by atoms with E-state index < -0.39 is 24.2 Å². The van der Waals surface area contributed by atoms with Crippen molar-refractivity contribution < 1.29 is 32.2 Å². The zero-order valence-electron chi connectivity index (χ0n) is 22.9. The molecule has 0 aliphatic carbocycles. The Morgan fingerprint density at radius 1 is 0.775 bits per heavy atom. The molecule has 0 unspecified atom stereocenters. The first-order chi connectivity index (χ1) is 19.2. The summed E-state index contributed by atoms with van der Waals surface area (Å²) < 4.78 is 49.5. The van der Waals surface area contributed by atoms with Crippen LogP contribution in [0.1, 0.15) is 91.5 Å². The summed E-state index contributed by atoms with van der Waals surface area (Å²) in [4.78, 5) is 33.7. The van der Waals surface area contributed by atoms with Gasteiger partial charge in [0.05, 0.1) is 11.1 Å². The van der Waals surface area contributed by atoms with Gasteiger partial charge in [-0.3, -0.25) is 0 Å². The normalized spacial score (nSPS) is 12.1. The van der Waals surface area contributed by atoms with Gasteiger partial charge in [0, 0.05) is 18.0 Å². The second-order valence-corrected chi connectivity index (χ2v) is 9.65. The molecule has 0 amide bonds. The fourth-order valence-corrected chi connectivity index (χ4v) is 4.02. The van der Waals surface area contributed by atoms with E-state index in [1.807, 2.05) is 12.4 Å². The number of rotatable bonds is 14. The number of unbranched alkanes of at least 4 members (excludes halogenated alkanes) is 5. The second-order valence-electron chi connectivity index (χ2n) is 9.65. The molecule has 1 atom stereocenters. The monoisotopic (exact) mass is 556 g/mol. The van der Waals surface area contributed by atoms with Crippen molar-refractivity contribution in [1.82, 2.24) is 9.97 Å². The predicted octanol–water partition coefficient (Wildman–Crippen LogP) is 8.15. The molecule has 9 heteroatoms. The molecule has 3 aromatic rings. The van der Waals surface area contributed by atoms with Gasteiger partial charge in [0.1, 0.15) is 5.75 Å². The molecule has 0 aliphatic heterocycles. The summed E-state index contributed by atoms with van der Waals surface area (Å²) in [5, 5.41) is 0. The predicted molar refractivity (Wildman–Crippen MR) is 146 cm³/mol. The zero-order valence-corrected chi connectivity index (χ0v) is 22.9. The van der Waals surface area contributed by atoms with E-state index in [0.717, 1.165) is 24.0 Å². The number of nitrogens with zero attached hydrogens (tertiary/aromatic N) is 2. The van der Waals surface area contributed by atoms with Gasteiger partial charge < -0.3 is 9.47 Å². The molecular formula is C31H35F3N2O4. The highest BCUT2D eigenvalue weighted by Crippen LogP contribution is 2.28. The molecule has 0 radical (unpaired) electrons. The number of carbonyl (C=O) groups is 2. The van der Waals surface area contributed by atoms with E-state index in [4.69, 9.17) is 9.47 Å². The fraction of sp³-hybridized carbons (Fsp3) is 0.419. The number of benzene rings is 2. The van der Waals surface area contributed by atoms with Crippen LogP contribution in [0.15, 0.2) is 60.9 Å². The fourth-order valence-electron chi connectivity index (χ4n) is 4.02. The largest absolute Gasteiger partial charge is 0.449 e. The van der Waals surface area contributed by atoms with Crippen LogP contribution in [0.5, 0.6) is 5.75 Å². The number of carbonyl (C=O) groups excluding carboxylic acids is 2. The van der Waals surface area contributed by atoms with E-state index in [-0.39, 0.29) is 24.2 Å². The Morgan fingerprint density at radius 2 is 1.35 bits per heavy atom. The molecule has 214 valence electrons. The molecule has 0 saturated carbocycles. The minimum absolute atomic E-state index is 0.0718. The highest BCUT2D eigenvalue weighted by Gasteiger charge is 2.42. The highest BCUT2D eigenvalue weighted by molar-refractivity contribution is 5.92. The summed E-state index contributed by atoms with van der Waals surface area (Å²) in [5.74, 6) is -1.02. The summed E-state index contributed by atoms with van der Waals surface area (Å²) in [6.45, 7) is 3.95. The van der Waals surface area contributed by atoms with Crippen LogP contribution in [-0.4, -0.2) is 34.2 Å². The first kappa shape index (κ1) is 30.8. The van der Waals surface area contributed by atoms with Crippen LogP contribution in [-0.2, 0) is 11.2 Å². The van der Waals surface area contributed by atoms with Gasteiger partial charge in [-0.2, -0.15) is 13.2 Å². The number of aryl methyl sites for hydroxylation is 1. The smallest absolute Gasteiger partial charge is 0.425 e. The highest BCUT2D eigenvalue weighted by atomic mass is 19.4. The van der Waals surface area contributed by atoms with E-state index in [2.05, 4.69) is 16.9 Å². The van der Waals surface area contributed by atoms with Gasteiger partial charge in [0.25, 0.3) is 0 Å². The van der Waals surface area contributed by atoms with E-state index in [1.54, 1.807) is 31.2 Å². The lowest BCUT2D eigenvalue weighted by atomic mass is 10.1. The number of esters is 2. The van der Waals surface area contributed by atoms with E-state index in [9.17, 15) is 22.8 Å². The average molecular weight is 557 g/mol. The Kier molecular flexibility index (Phi) is 11.7. The molecule has 3 rings (SSSR count). The topological polar surface area (TPSA) is 78.4 Å². The van der Waals surface area contributed by atoms with Crippen molar-refractivity contribution >= 4 is 11.9 Å². The summed E-state index contributed by atoms with van der Waals surface area (Å²) in [5.41, 5.74) is 2.07. The van der Waals surface area contributed by atoms with Crippen molar-refractivity contribution in [3.63, 3.8) is 0 Å². The molecule has 0 bridgehead atoms. The van der Waals surface area contributed by atoms with Crippen LogP contribution in [0.25, 0.3) is 11.4 Å². The van der Waals surface area contributed by atoms with Crippen LogP contribution < -0.4 is 4.74 Å². The van der Waals surface area contributed by atoms with Gasteiger partial charge in [-0.1, -0.05) is 58.1 Å².